The van der Waals surface area contributed by atoms with Crippen molar-refractivity contribution in [1.29, 1.82) is 0 Å². The average Bonchev–Trinajstić information content (AvgIpc) is 0.672. The van der Waals surface area contributed by atoms with Crippen LogP contribution >= 0.6 is 0 Å². The molecular formula is C96H60B3N3. The first-order valence-corrected chi connectivity index (χ1v) is 35.7. The van der Waals surface area contributed by atoms with E-state index >= 15 is 0 Å². The van der Waals surface area contributed by atoms with E-state index in [1.807, 2.05) is 0 Å². The third-order valence-electron chi connectivity index (χ3n) is 22.9. The molecule has 6 heteroatoms. The first kappa shape index (κ1) is 57.1. The van der Waals surface area contributed by atoms with Crippen molar-refractivity contribution in [3.8, 4) is 100 Å². The Morgan fingerprint density at radius 1 is 0.147 bits per heavy atom. The zero-order valence-electron chi connectivity index (χ0n) is 55.7. The van der Waals surface area contributed by atoms with Gasteiger partial charge in [0, 0.05) is 33.8 Å². The van der Waals surface area contributed by atoms with Gasteiger partial charge in [-0.1, -0.05) is 309 Å². The standard InChI is InChI=1S/C96H60B3N3/c1-7-31-73-61(19-1)25-13-37-79(73)67-43-49-91-85(55-67)88-58-70(82-40-16-28-64-22-4-10-34-76(64)82)46-52-94(88)100-97(91)101-95-53-47-71(83-41-17-29-65-23-5-11-35-77(65)83)59-89(95)86-56-69(81-39-15-27-63-21-3-9-33-75(63)81)45-51-93(86)99(101)102-96-54-48-72(84-42-18-30-66-24-6-12-36-78(66)84)60-90(96)87-57-68(44-50-92(87)98(100)102)80-38-14-26-62-20-2-8-32-74(62)80/h1-60H. The number of anilines is 3. The van der Waals surface area contributed by atoms with Gasteiger partial charge < -0.3 is 14.2 Å². The highest BCUT2D eigenvalue weighted by atomic mass is 15.3. The van der Waals surface area contributed by atoms with Gasteiger partial charge in [0.15, 0.2) is 0 Å². The predicted molar refractivity (Wildman–Crippen MR) is 437 cm³/mol. The summed E-state index contributed by atoms with van der Waals surface area (Å²) in [6.45, 7) is -0.961. The maximum Gasteiger partial charge on any atom is 0.389 e. The summed E-state index contributed by atoms with van der Waals surface area (Å²) < 4.78 is 8.53. The molecule has 22 rings (SSSR count). The SMILES string of the molecule is c1ccc2c(-c3ccc4c(c3)-c3cc(-c5cccc6ccccc56)ccc3N3B4N4B(c5ccc(-c6cccc7ccccc67)cc5-c5cc(-c6cccc7ccccc67)ccc54)N4B3c3ccc(-c5cccc6ccccc56)cc3-c3cc(-c5cccc6ccccc56)ccc34)cccc2c1. The minimum Gasteiger partial charge on any atom is -0.416 e. The number of rotatable bonds is 6. The van der Waals surface area contributed by atoms with E-state index in [-0.39, 0.29) is 20.9 Å². The Labute approximate surface area is 593 Å². The summed E-state index contributed by atoms with van der Waals surface area (Å²) >= 11 is 0. The molecule has 0 radical (unpaired) electrons. The van der Waals surface area contributed by atoms with Crippen LogP contribution in [0.4, 0.5) is 17.1 Å². The lowest BCUT2D eigenvalue weighted by Crippen LogP contribution is -2.88. The van der Waals surface area contributed by atoms with E-state index in [0.717, 1.165) is 0 Å². The Hall–Kier alpha value is -12.9. The Morgan fingerprint density at radius 3 is 0.559 bits per heavy atom. The van der Waals surface area contributed by atoms with Crippen LogP contribution in [0.25, 0.3) is 165 Å². The summed E-state index contributed by atoms with van der Waals surface area (Å²) in [6, 6.07) is 138. The topological polar surface area (TPSA) is 9.72 Å². The van der Waals surface area contributed by atoms with Crippen molar-refractivity contribution in [2.45, 2.75) is 0 Å². The number of hydrogen-bond acceptors (Lipinski definition) is 3. The highest BCUT2D eigenvalue weighted by Gasteiger charge is 2.61. The molecule has 0 aliphatic carbocycles. The van der Waals surface area contributed by atoms with Gasteiger partial charge >= 0.3 is 20.9 Å². The van der Waals surface area contributed by atoms with Crippen molar-refractivity contribution in [3.05, 3.63) is 364 Å². The Balaban J connectivity index is 0.859. The molecule has 0 saturated carbocycles. The van der Waals surface area contributed by atoms with Crippen molar-refractivity contribution in [1.82, 2.24) is 0 Å². The lowest BCUT2D eigenvalue weighted by Gasteiger charge is -2.61. The summed E-state index contributed by atoms with van der Waals surface area (Å²) in [5.41, 5.74) is 29.1. The first-order valence-electron chi connectivity index (χ1n) is 35.7. The molecule has 3 nitrogen and oxygen atoms in total. The smallest absolute Gasteiger partial charge is 0.389 e. The molecule has 0 N–H and O–H groups in total. The molecule has 0 amide bonds. The number of hydrogen-bond donors (Lipinski definition) is 0. The zero-order valence-corrected chi connectivity index (χ0v) is 55.7. The van der Waals surface area contributed by atoms with E-state index in [2.05, 4.69) is 378 Å². The summed E-state index contributed by atoms with van der Waals surface area (Å²) in [5, 5.41) is 14.8. The van der Waals surface area contributed by atoms with Crippen molar-refractivity contribution in [3.63, 3.8) is 0 Å². The van der Waals surface area contributed by atoms with Gasteiger partial charge in [-0.05, 0) is 219 Å². The maximum absolute atomic E-state index is 2.84. The van der Waals surface area contributed by atoms with E-state index in [1.54, 1.807) is 0 Å². The molecule has 0 spiro atoms. The molecule has 4 heterocycles. The highest BCUT2D eigenvalue weighted by molar-refractivity contribution is 7.16. The number of fused-ring (bicyclic) bond motifs is 27. The molecule has 0 atom stereocenters. The Morgan fingerprint density at radius 2 is 0.333 bits per heavy atom. The molecule has 4 aliphatic rings. The van der Waals surface area contributed by atoms with Gasteiger partial charge in [0.25, 0.3) is 0 Å². The van der Waals surface area contributed by atoms with Crippen LogP contribution in [0.2, 0.25) is 0 Å². The molecule has 0 aromatic heterocycles. The zero-order chi connectivity index (χ0) is 66.7. The van der Waals surface area contributed by atoms with Crippen LogP contribution in [0.1, 0.15) is 0 Å². The van der Waals surface area contributed by atoms with Gasteiger partial charge in [-0.25, -0.2) is 0 Å². The lowest BCUT2D eigenvalue weighted by molar-refractivity contribution is 1.27. The van der Waals surface area contributed by atoms with E-state index in [4.69, 9.17) is 0 Å². The van der Waals surface area contributed by atoms with Gasteiger partial charge in [0.05, 0.1) is 0 Å². The largest absolute Gasteiger partial charge is 0.416 e. The molecule has 102 heavy (non-hydrogen) atoms. The monoisotopic (exact) mass is 1290 g/mol. The number of benzene rings is 18. The van der Waals surface area contributed by atoms with Gasteiger partial charge in [0.2, 0.25) is 0 Å². The van der Waals surface area contributed by atoms with Crippen LogP contribution in [0.15, 0.2) is 364 Å². The normalized spacial score (nSPS) is 13.2. The fourth-order valence-corrected chi connectivity index (χ4v) is 18.3. The molecule has 18 aromatic rings. The number of nitrogens with zero attached hydrogens (tertiary/aromatic N) is 3. The quantitative estimate of drug-likeness (QED) is 0.154. The Kier molecular flexibility index (Phi) is 12.5. The average molecular weight is 1290 g/mol. The van der Waals surface area contributed by atoms with Crippen LogP contribution < -0.4 is 30.6 Å². The van der Waals surface area contributed by atoms with Crippen LogP contribution in [0.3, 0.4) is 0 Å². The summed E-state index contributed by atoms with van der Waals surface area (Å²) in [4.78, 5) is 0. The predicted octanol–water partition coefficient (Wildman–Crippen LogP) is 22.6. The van der Waals surface area contributed by atoms with Gasteiger partial charge in [0.1, 0.15) is 0 Å². The summed E-state index contributed by atoms with van der Waals surface area (Å²) in [5.74, 6) is 0. The van der Waals surface area contributed by atoms with E-state index in [1.165, 1.54) is 198 Å². The van der Waals surface area contributed by atoms with Crippen LogP contribution in [0, 0.1) is 0 Å². The molecular weight excluding hydrogens is 1230 g/mol. The minimum absolute atomic E-state index is 0.320. The molecule has 1 fully saturated rings. The van der Waals surface area contributed by atoms with E-state index in [0.29, 0.717) is 0 Å². The van der Waals surface area contributed by atoms with Crippen LogP contribution in [0.5, 0.6) is 0 Å². The van der Waals surface area contributed by atoms with E-state index in [9.17, 15) is 0 Å². The molecule has 4 aliphatic heterocycles. The van der Waals surface area contributed by atoms with Crippen LogP contribution in [-0.2, 0) is 0 Å². The molecule has 1 saturated heterocycles. The van der Waals surface area contributed by atoms with Gasteiger partial charge in [-0.2, -0.15) is 0 Å². The third-order valence-corrected chi connectivity index (χ3v) is 22.9. The second-order valence-electron chi connectivity index (χ2n) is 28.1. The summed E-state index contributed by atoms with van der Waals surface area (Å²) in [7, 11) is 0. The molecule has 468 valence electrons. The highest BCUT2D eigenvalue weighted by Crippen LogP contribution is 2.53. The van der Waals surface area contributed by atoms with Crippen molar-refractivity contribution in [2.75, 3.05) is 14.2 Å². The minimum atomic E-state index is -0.320. The van der Waals surface area contributed by atoms with Crippen molar-refractivity contribution >= 4 is 119 Å². The fraction of sp³-hybridized carbons (Fsp3) is 0. The molecule has 0 bridgehead atoms. The van der Waals surface area contributed by atoms with Crippen LogP contribution in [-0.4, -0.2) is 20.9 Å². The first-order chi connectivity index (χ1) is 50.6. The van der Waals surface area contributed by atoms with Crippen molar-refractivity contribution < 1.29 is 0 Å². The third kappa shape index (κ3) is 8.54. The lowest BCUT2D eigenvalue weighted by atomic mass is 9.33. The van der Waals surface area contributed by atoms with E-state index < -0.39 is 0 Å². The van der Waals surface area contributed by atoms with Gasteiger partial charge in [-0.3, -0.25) is 0 Å². The molecule has 0 unspecified atom stereocenters. The fourth-order valence-electron chi connectivity index (χ4n) is 18.3. The second kappa shape index (κ2) is 22.3. The second-order valence-corrected chi connectivity index (χ2v) is 28.1. The van der Waals surface area contributed by atoms with Crippen molar-refractivity contribution in [2.24, 2.45) is 0 Å². The summed E-state index contributed by atoms with van der Waals surface area (Å²) in [6.07, 6.45) is 0. The maximum atomic E-state index is 2.84. The Bertz CT molecular complexity index is 5540. The van der Waals surface area contributed by atoms with Gasteiger partial charge in [-0.15, -0.1) is 0 Å². The molecule has 18 aromatic carbocycles.